The molecule has 6 nitrogen and oxygen atoms in total. The predicted molar refractivity (Wildman–Crippen MR) is 98.5 cm³/mol. The first kappa shape index (κ1) is 15.0. The molecule has 0 fully saturated rings. The summed E-state index contributed by atoms with van der Waals surface area (Å²) in [6, 6.07) is 20.0. The zero-order valence-corrected chi connectivity index (χ0v) is 13.4. The molecule has 2 aromatic heterocycles. The Kier molecular flexibility index (Phi) is 4.16. The zero-order valence-electron chi connectivity index (χ0n) is 13.4. The summed E-state index contributed by atoms with van der Waals surface area (Å²) < 4.78 is 1.86. The molecule has 0 unspecified atom stereocenters. The lowest BCUT2D eigenvalue weighted by atomic mass is 10.2. The molecule has 122 valence electrons. The summed E-state index contributed by atoms with van der Waals surface area (Å²) in [7, 11) is 0. The highest BCUT2D eigenvalue weighted by molar-refractivity contribution is 5.87. The lowest BCUT2D eigenvalue weighted by molar-refractivity contribution is 0.704. The summed E-state index contributed by atoms with van der Waals surface area (Å²) in [5.41, 5.74) is 5.94. The van der Waals surface area contributed by atoms with E-state index < -0.39 is 0 Å². The Morgan fingerprint density at radius 3 is 2.52 bits per heavy atom. The van der Waals surface area contributed by atoms with Gasteiger partial charge in [0.25, 0.3) is 0 Å². The van der Waals surface area contributed by atoms with E-state index in [0.717, 1.165) is 16.6 Å². The molecule has 0 radical (unpaired) electrons. The molecule has 2 aromatic carbocycles. The zero-order chi connectivity index (χ0) is 16.9. The Labute approximate surface area is 144 Å². The van der Waals surface area contributed by atoms with E-state index in [0.29, 0.717) is 12.4 Å². The number of rotatable bonds is 5. The fourth-order valence-electron chi connectivity index (χ4n) is 2.56. The minimum Gasteiger partial charge on any atom is -0.261 e. The standard InChI is InChI=1S/C19H16N6/c1-3-7-15(8-4-1)11-22-24-18-17-12-23-25(19(17)21-14-20-18)13-16-9-5-2-6-10-16/h1-12,14H,13H2,(H,20,21,24)/b22-11-. The van der Waals surface area contributed by atoms with Gasteiger partial charge in [0, 0.05) is 0 Å². The third-order valence-electron chi connectivity index (χ3n) is 3.79. The molecule has 0 bridgehead atoms. The molecule has 1 N–H and O–H groups in total. The maximum atomic E-state index is 4.44. The molecular weight excluding hydrogens is 312 g/mol. The minimum absolute atomic E-state index is 0.636. The van der Waals surface area contributed by atoms with Crippen molar-refractivity contribution in [2.45, 2.75) is 6.54 Å². The topological polar surface area (TPSA) is 68.0 Å². The maximum Gasteiger partial charge on any atom is 0.163 e. The van der Waals surface area contributed by atoms with Crippen LogP contribution in [-0.4, -0.2) is 26.0 Å². The van der Waals surface area contributed by atoms with Gasteiger partial charge in [0.05, 0.1) is 24.3 Å². The lowest BCUT2D eigenvalue weighted by Crippen LogP contribution is -2.03. The van der Waals surface area contributed by atoms with Gasteiger partial charge in [-0.15, -0.1) is 0 Å². The van der Waals surface area contributed by atoms with E-state index in [1.807, 2.05) is 53.2 Å². The van der Waals surface area contributed by atoms with Gasteiger partial charge in [0.15, 0.2) is 11.5 Å². The van der Waals surface area contributed by atoms with Gasteiger partial charge < -0.3 is 0 Å². The van der Waals surface area contributed by atoms with E-state index in [9.17, 15) is 0 Å². The number of hydrazone groups is 1. The molecule has 0 spiro atoms. The minimum atomic E-state index is 0.636. The van der Waals surface area contributed by atoms with E-state index in [1.54, 1.807) is 12.4 Å². The Hall–Kier alpha value is -3.54. The molecule has 0 aliphatic carbocycles. The Balaban J connectivity index is 1.57. The molecule has 25 heavy (non-hydrogen) atoms. The smallest absolute Gasteiger partial charge is 0.163 e. The van der Waals surface area contributed by atoms with Crippen LogP contribution in [0.25, 0.3) is 11.0 Å². The SMILES string of the molecule is C(=N/Nc1ncnc2c1cnn2Cc1ccccc1)/c1ccccc1. The summed E-state index contributed by atoms with van der Waals surface area (Å²) in [6.45, 7) is 0.661. The van der Waals surface area contributed by atoms with Crippen LogP contribution in [0.3, 0.4) is 0 Å². The molecule has 4 aromatic rings. The number of fused-ring (bicyclic) bond motifs is 1. The highest BCUT2D eigenvalue weighted by Crippen LogP contribution is 2.19. The molecule has 0 aliphatic heterocycles. The molecule has 0 amide bonds. The average molecular weight is 328 g/mol. The average Bonchev–Trinajstić information content (AvgIpc) is 3.07. The highest BCUT2D eigenvalue weighted by Gasteiger charge is 2.09. The fraction of sp³-hybridized carbons (Fsp3) is 0.0526. The first-order valence-electron chi connectivity index (χ1n) is 7.95. The van der Waals surface area contributed by atoms with Crippen LogP contribution in [-0.2, 0) is 6.54 Å². The van der Waals surface area contributed by atoms with Crippen LogP contribution in [0.2, 0.25) is 0 Å². The van der Waals surface area contributed by atoms with Crippen LogP contribution in [0.4, 0.5) is 5.82 Å². The first-order valence-corrected chi connectivity index (χ1v) is 7.95. The fourth-order valence-corrected chi connectivity index (χ4v) is 2.56. The molecule has 2 heterocycles. The van der Waals surface area contributed by atoms with E-state index in [1.165, 1.54) is 11.9 Å². The van der Waals surface area contributed by atoms with Gasteiger partial charge >= 0.3 is 0 Å². The molecule has 4 rings (SSSR count). The number of anilines is 1. The highest BCUT2D eigenvalue weighted by atomic mass is 15.3. The van der Waals surface area contributed by atoms with Crippen molar-refractivity contribution >= 4 is 23.1 Å². The largest absolute Gasteiger partial charge is 0.261 e. The Morgan fingerprint density at radius 1 is 0.960 bits per heavy atom. The van der Waals surface area contributed by atoms with Gasteiger partial charge in [0.2, 0.25) is 0 Å². The monoisotopic (exact) mass is 328 g/mol. The van der Waals surface area contributed by atoms with E-state index in [2.05, 4.69) is 37.7 Å². The summed E-state index contributed by atoms with van der Waals surface area (Å²) in [4.78, 5) is 8.63. The Bertz CT molecular complexity index is 992. The van der Waals surface area contributed by atoms with E-state index in [-0.39, 0.29) is 0 Å². The Morgan fingerprint density at radius 2 is 1.72 bits per heavy atom. The van der Waals surface area contributed by atoms with Crippen molar-refractivity contribution in [1.82, 2.24) is 19.7 Å². The number of nitrogens with zero attached hydrogens (tertiary/aromatic N) is 5. The number of nitrogens with one attached hydrogen (secondary N) is 1. The second-order valence-electron chi connectivity index (χ2n) is 5.53. The van der Waals surface area contributed by atoms with E-state index in [4.69, 9.17) is 0 Å². The maximum absolute atomic E-state index is 4.44. The van der Waals surface area contributed by atoms with Crippen LogP contribution in [0.15, 0.2) is 78.3 Å². The molecule has 0 atom stereocenters. The van der Waals surface area contributed by atoms with Crippen LogP contribution >= 0.6 is 0 Å². The van der Waals surface area contributed by atoms with Gasteiger partial charge in [-0.1, -0.05) is 60.7 Å². The summed E-state index contributed by atoms with van der Waals surface area (Å²) in [5, 5.41) is 9.53. The van der Waals surface area contributed by atoms with Crippen molar-refractivity contribution in [1.29, 1.82) is 0 Å². The first-order chi connectivity index (χ1) is 12.4. The van der Waals surface area contributed by atoms with Crippen molar-refractivity contribution in [3.63, 3.8) is 0 Å². The van der Waals surface area contributed by atoms with Crippen molar-refractivity contribution in [2.75, 3.05) is 5.43 Å². The summed E-state index contributed by atoms with van der Waals surface area (Å²) in [6.07, 6.45) is 5.03. The molecule has 0 saturated carbocycles. The number of hydrogen-bond acceptors (Lipinski definition) is 5. The summed E-state index contributed by atoms with van der Waals surface area (Å²) >= 11 is 0. The normalized spacial score (nSPS) is 11.2. The van der Waals surface area contributed by atoms with Crippen LogP contribution < -0.4 is 5.43 Å². The molecule has 0 saturated heterocycles. The number of hydrogen-bond donors (Lipinski definition) is 1. The van der Waals surface area contributed by atoms with Gasteiger partial charge in [-0.3, -0.25) is 5.43 Å². The van der Waals surface area contributed by atoms with Crippen molar-refractivity contribution in [3.05, 3.63) is 84.3 Å². The van der Waals surface area contributed by atoms with Gasteiger partial charge in [0.1, 0.15) is 6.33 Å². The van der Waals surface area contributed by atoms with Crippen molar-refractivity contribution < 1.29 is 0 Å². The third kappa shape index (κ3) is 3.37. The van der Waals surface area contributed by atoms with Gasteiger partial charge in [-0.2, -0.15) is 10.2 Å². The quantitative estimate of drug-likeness (QED) is 0.451. The van der Waals surface area contributed by atoms with Crippen molar-refractivity contribution in [3.8, 4) is 0 Å². The van der Waals surface area contributed by atoms with Gasteiger partial charge in [-0.25, -0.2) is 14.6 Å². The van der Waals surface area contributed by atoms with E-state index >= 15 is 0 Å². The van der Waals surface area contributed by atoms with Crippen LogP contribution in [0.5, 0.6) is 0 Å². The lowest BCUT2D eigenvalue weighted by Gasteiger charge is -2.04. The summed E-state index contributed by atoms with van der Waals surface area (Å²) in [5.74, 6) is 0.636. The number of aromatic nitrogens is 4. The number of benzene rings is 2. The third-order valence-corrected chi connectivity index (χ3v) is 3.79. The second-order valence-corrected chi connectivity index (χ2v) is 5.53. The molecule has 6 heteroatoms. The van der Waals surface area contributed by atoms with Crippen molar-refractivity contribution in [2.24, 2.45) is 5.10 Å². The molecule has 0 aliphatic rings. The van der Waals surface area contributed by atoms with Gasteiger partial charge in [-0.05, 0) is 11.1 Å². The van der Waals surface area contributed by atoms with Crippen LogP contribution in [0.1, 0.15) is 11.1 Å². The second kappa shape index (κ2) is 6.92. The van der Waals surface area contributed by atoms with Crippen LogP contribution in [0, 0.1) is 0 Å². The molecular formula is C19H16N6. The predicted octanol–water partition coefficient (Wildman–Crippen LogP) is 3.32.